The van der Waals surface area contributed by atoms with Gasteiger partial charge < -0.3 is 10.6 Å². The minimum absolute atomic E-state index is 0.00176. The molecule has 0 aliphatic carbocycles. The molecule has 2 aromatic carbocycles. The molecular formula is C18H22N2O. The summed E-state index contributed by atoms with van der Waals surface area (Å²) in [5, 5.41) is 0. The van der Waals surface area contributed by atoms with Crippen LogP contribution in [0.4, 0.5) is 5.69 Å². The first kappa shape index (κ1) is 15.1. The smallest absolute Gasteiger partial charge is 0.256 e. The molecule has 0 unspecified atom stereocenters. The van der Waals surface area contributed by atoms with Crippen molar-refractivity contribution in [3.63, 3.8) is 0 Å². The van der Waals surface area contributed by atoms with Crippen LogP contribution in [0.5, 0.6) is 0 Å². The van der Waals surface area contributed by atoms with Crippen LogP contribution in [0.1, 0.15) is 34.8 Å². The van der Waals surface area contributed by atoms with Gasteiger partial charge in [0.2, 0.25) is 0 Å². The Kier molecular flexibility index (Phi) is 4.99. The van der Waals surface area contributed by atoms with Crippen molar-refractivity contribution in [1.82, 2.24) is 4.90 Å². The Morgan fingerprint density at radius 1 is 1.14 bits per heavy atom. The van der Waals surface area contributed by atoms with Crippen LogP contribution in [0.15, 0.2) is 48.5 Å². The van der Waals surface area contributed by atoms with E-state index in [1.165, 1.54) is 0 Å². The highest BCUT2D eigenvalue weighted by atomic mass is 16.2. The second kappa shape index (κ2) is 6.93. The molecule has 0 aliphatic rings. The molecule has 0 spiro atoms. The molecule has 2 rings (SSSR count). The SMILES string of the molecule is CCCN(Cc1ccccc1)C(=O)c1cc(C)ccc1N. The quantitative estimate of drug-likeness (QED) is 0.851. The number of carbonyl (C=O) groups is 1. The van der Waals surface area contributed by atoms with E-state index in [-0.39, 0.29) is 5.91 Å². The second-order valence-corrected chi connectivity index (χ2v) is 5.30. The first-order valence-electron chi connectivity index (χ1n) is 7.31. The lowest BCUT2D eigenvalue weighted by Crippen LogP contribution is -2.31. The molecule has 0 aromatic heterocycles. The predicted octanol–water partition coefficient (Wildman–Crippen LogP) is 3.63. The first-order chi connectivity index (χ1) is 10.1. The molecule has 0 saturated heterocycles. The third kappa shape index (κ3) is 3.85. The summed E-state index contributed by atoms with van der Waals surface area (Å²) in [4.78, 5) is 14.6. The van der Waals surface area contributed by atoms with E-state index >= 15 is 0 Å². The Balaban J connectivity index is 2.25. The van der Waals surface area contributed by atoms with Crippen LogP contribution in [0.25, 0.3) is 0 Å². The number of hydrogen-bond acceptors (Lipinski definition) is 2. The summed E-state index contributed by atoms with van der Waals surface area (Å²) < 4.78 is 0. The molecule has 0 saturated carbocycles. The summed E-state index contributed by atoms with van der Waals surface area (Å²) in [6, 6.07) is 15.6. The number of nitrogen functional groups attached to an aromatic ring is 1. The molecule has 0 fully saturated rings. The zero-order valence-corrected chi connectivity index (χ0v) is 12.7. The number of anilines is 1. The van der Waals surface area contributed by atoms with Crippen molar-refractivity contribution in [1.29, 1.82) is 0 Å². The van der Waals surface area contributed by atoms with E-state index in [1.54, 1.807) is 6.07 Å². The summed E-state index contributed by atoms with van der Waals surface area (Å²) in [6.07, 6.45) is 0.921. The average Bonchev–Trinajstić information content (AvgIpc) is 2.49. The monoisotopic (exact) mass is 282 g/mol. The van der Waals surface area contributed by atoms with Crippen molar-refractivity contribution >= 4 is 11.6 Å². The van der Waals surface area contributed by atoms with Gasteiger partial charge in [-0.1, -0.05) is 48.9 Å². The number of hydrogen-bond donors (Lipinski definition) is 1. The molecule has 1 amide bonds. The van der Waals surface area contributed by atoms with Gasteiger partial charge in [0.25, 0.3) is 5.91 Å². The Morgan fingerprint density at radius 2 is 1.86 bits per heavy atom. The van der Waals surface area contributed by atoms with Crippen LogP contribution in [0.2, 0.25) is 0 Å². The maximum Gasteiger partial charge on any atom is 0.256 e. The summed E-state index contributed by atoms with van der Waals surface area (Å²) in [5.74, 6) is 0.00176. The molecular weight excluding hydrogens is 260 g/mol. The number of carbonyl (C=O) groups excluding carboxylic acids is 1. The lowest BCUT2D eigenvalue weighted by atomic mass is 10.1. The van der Waals surface area contributed by atoms with Gasteiger partial charge in [0.15, 0.2) is 0 Å². The molecule has 0 radical (unpaired) electrons. The van der Waals surface area contributed by atoms with Crippen molar-refractivity contribution in [3.05, 3.63) is 65.2 Å². The normalized spacial score (nSPS) is 10.4. The van der Waals surface area contributed by atoms with E-state index in [9.17, 15) is 4.79 Å². The van der Waals surface area contributed by atoms with Gasteiger partial charge >= 0.3 is 0 Å². The molecule has 0 aliphatic heterocycles. The highest BCUT2D eigenvalue weighted by molar-refractivity contribution is 5.99. The topological polar surface area (TPSA) is 46.3 Å². The predicted molar refractivity (Wildman–Crippen MR) is 87.1 cm³/mol. The van der Waals surface area contributed by atoms with E-state index in [4.69, 9.17) is 5.73 Å². The number of amides is 1. The minimum Gasteiger partial charge on any atom is -0.398 e. The van der Waals surface area contributed by atoms with Gasteiger partial charge in [0.1, 0.15) is 0 Å². The minimum atomic E-state index is 0.00176. The third-order valence-corrected chi connectivity index (χ3v) is 3.44. The van der Waals surface area contributed by atoms with Gasteiger partial charge in [0.05, 0.1) is 5.56 Å². The van der Waals surface area contributed by atoms with Gasteiger partial charge in [0, 0.05) is 18.8 Å². The summed E-state index contributed by atoms with van der Waals surface area (Å²) >= 11 is 0. The molecule has 21 heavy (non-hydrogen) atoms. The maximum atomic E-state index is 12.8. The molecule has 2 aromatic rings. The van der Waals surface area contributed by atoms with E-state index in [1.807, 2.05) is 54.3 Å². The fourth-order valence-electron chi connectivity index (χ4n) is 2.35. The zero-order chi connectivity index (χ0) is 15.2. The van der Waals surface area contributed by atoms with Gasteiger partial charge in [-0.05, 0) is 31.0 Å². The van der Waals surface area contributed by atoms with Crippen LogP contribution >= 0.6 is 0 Å². The van der Waals surface area contributed by atoms with Crippen molar-refractivity contribution < 1.29 is 4.79 Å². The Morgan fingerprint density at radius 3 is 2.52 bits per heavy atom. The van der Waals surface area contributed by atoms with Crippen molar-refractivity contribution in [2.24, 2.45) is 0 Å². The van der Waals surface area contributed by atoms with Gasteiger partial charge in [-0.15, -0.1) is 0 Å². The van der Waals surface area contributed by atoms with Crippen molar-refractivity contribution in [2.45, 2.75) is 26.8 Å². The van der Waals surface area contributed by atoms with Crippen LogP contribution in [-0.2, 0) is 6.54 Å². The molecule has 0 heterocycles. The number of nitrogens with zero attached hydrogens (tertiary/aromatic N) is 1. The molecule has 110 valence electrons. The summed E-state index contributed by atoms with van der Waals surface area (Å²) in [5.41, 5.74) is 9.28. The van der Waals surface area contributed by atoms with E-state index in [2.05, 4.69) is 6.92 Å². The number of aryl methyl sites for hydroxylation is 1. The highest BCUT2D eigenvalue weighted by Gasteiger charge is 2.17. The number of rotatable bonds is 5. The second-order valence-electron chi connectivity index (χ2n) is 5.30. The lowest BCUT2D eigenvalue weighted by molar-refractivity contribution is 0.0744. The Bertz CT molecular complexity index is 608. The maximum absolute atomic E-state index is 12.8. The molecule has 3 nitrogen and oxygen atoms in total. The molecule has 2 N–H and O–H groups in total. The lowest BCUT2D eigenvalue weighted by Gasteiger charge is -2.23. The van der Waals surface area contributed by atoms with E-state index < -0.39 is 0 Å². The van der Waals surface area contributed by atoms with E-state index in [0.717, 1.165) is 24.1 Å². The average molecular weight is 282 g/mol. The van der Waals surface area contributed by atoms with Crippen LogP contribution in [0, 0.1) is 6.92 Å². The Labute approximate surface area is 126 Å². The van der Waals surface area contributed by atoms with Gasteiger partial charge in [-0.25, -0.2) is 0 Å². The van der Waals surface area contributed by atoms with Crippen molar-refractivity contribution in [2.75, 3.05) is 12.3 Å². The van der Waals surface area contributed by atoms with Gasteiger partial charge in [-0.2, -0.15) is 0 Å². The van der Waals surface area contributed by atoms with Crippen molar-refractivity contribution in [3.8, 4) is 0 Å². The molecule has 0 atom stereocenters. The summed E-state index contributed by atoms with van der Waals surface area (Å²) in [7, 11) is 0. The Hall–Kier alpha value is -2.29. The fraction of sp³-hybridized carbons (Fsp3) is 0.278. The summed E-state index contributed by atoms with van der Waals surface area (Å²) in [6.45, 7) is 5.38. The third-order valence-electron chi connectivity index (χ3n) is 3.44. The number of benzene rings is 2. The zero-order valence-electron chi connectivity index (χ0n) is 12.7. The largest absolute Gasteiger partial charge is 0.398 e. The fourth-order valence-corrected chi connectivity index (χ4v) is 2.35. The molecule has 3 heteroatoms. The highest BCUT2D eigenvalue weighted by Crippen LogP contribution is 2.18. The molecule has 0 bridgehead atoms. The van der Waals surface area contributed by atoms with Crippen LogP contribution < -0.4 is 5.73 Å². The van der Waals surface area contributed by atoms with E-state index in [0.29, 0.717) is 17.8 Å². The van der Waals surface area contributed by atoms with Gasteiger partial charge in [-0.3, -0.25) is 4.79 Å². The van der Waals surface area contributed by atoms with Crippen LogP contribution in [0.3, 0.4) is 0 Å². The van der Waals surface area contributed by atoms with Crippen LogP contribution in [-0.4, -0.2) is 17.4 Å². The number of nitrogens with two attached hydrogens (primary N) is 1. The first-order valence-corrected chi connectivity index (χ1v) is 7.31. The standard InChI is InChI=1S/C18H22N2O/c1-3-11-20(13-15-7-5-4-6-8-15)18(21)16-12-14(2)9-10-17(16)19/h4-10,12H,3,11,13,19H2,1-2H3.